The fourth-order valence-corrected chi connectivity index (χ4v) is 3.90. The molecule has 0 saturated carbocycles. The first-order valence-corrected chi connectivity index (χ1v) is 9.85. The summed E-state index contributed by atoms with van der Waals surface area (Å²) in [7, 11) is 3.76. The molecule has 1 aliphatic heterocycles. The third kappa shape index (κ3) is 4.98. The van der Waals surface area contributed by atoms with Gasteiger partial charge in [0.15, 0.2) is 0 Å². The number of hydrogen-bond acceptors (Lipinski definition) is 4. The molecule has 1 saturated heterocycles. The third-order valence-corrected chi connectivity index (χ3v) is 5.54. The summed E-state index contributed by atoms with van der Waals surface area (Å²) in [4.78, 5) is 17.2. The summed E-state index contributed by atoms with van der Waals surface area (Å²) in [5, 5.41) is 9.81. The lowest BCUT2D eigenvalue weighted by Gasteiger charge is -2.23. The Morgan fingerprint density at radius 3 is 2.54 bits per heavy atom. The van der Waals surface area contributed by atoms with E-state index in [0.29, 0.717) is 25.3 Å². The van der Waals surface area contributed by atoms with E-state index in [1.165, 1.54) is 0 Å². The topological polar surface area (TPSA) is 53.0 Å². The highest BCUT2D eigenvalue weighted by molar-refractivity contribution is 5.95. The van der Waals surface area contributed by atoms with E-state index in [0.717, 1.165) is 24.2 Å². The van der Waals surface area contributed by atoms with Crippen LogP contribution >= 0.6 is 0 Å². The maximum Gasteiger partial charge on any atom is 0.253 e. The number of benzene rings is 2. The van der Waals surface area contributed by atoms with Crippen LogP contribution in [0.25, 0.3) is 11.1 Å². The highest BCUT2D eigenvalue weighted by Gasteiger charge is 2.35. The number of amides is 1. The van der Waals surface area contributed by atoms with Crippen molar-refractivity contribution in [2.75, 3.05) is 53.6 Å². The molecule has 0 unspecified atom stereocenters. The van der Waals surface area contributed by atoms with E-state index in [2.05, 4.69) is 11.9 Å². The molecular weight excluding hydrogens is 352 g/mol. The Kier molecular flexibility index (Phi) is 7.20. The van der Waals surface area contributed by atoms with Gasteiger partial charge >= 0.3 is 0 Å². The van der Waals surface area contributed by atoms with Gasteiger partial charge in [0.1, 0.15) is 0 Å². The average molecular weight is 383 g/mol. The monoisotopic (exact) mass is 382 g/mol. The van der Waals surface area contributed by atoms with Gasteiger partial charge < -0.3 is 19.6 Å². The molecule has 1 aliphatic rings. The van der Waals surface area contributed by atoms with E-state index in [4.69, 9.17) is 4.74 Å². The number of aliphatic hydroxyl groups excluding tert-OH is 1. The second-order valence-electron chi connectivity index (χ2n) is 7.61. The number of carbonyl (C=O) groups is 1. The second kappa shape index (κ2) is 9.82. The number of hydrogen-bond donors (Lipinski definition) is 1. The van der Waals surface area contributed by atoms with Crippen LogP contribution in [0.5, 0.6) is 0 Å². The van der Waals surface area contributed by atoms with Gasteiger partial charge in [-0.25, -0.2) is 0 Å². The van der Waals surface area contributed by atoms with Crippen LogP contribution in [-0.2, 0) is 4.74 Å². The van der Waals surface area contributed by atoms with Crippen molar-refractivity contribution in [2.45, 2.75) is 0 Å². The predicted octanol–water partition coefficient (Wildman–Crippen LogP) is 2.61. The van der Waals surface area contributed by atoms with Gasteiger partial charge in [-0.1, -0.05) is 42.5 Å². The Morgan fingerprint density at radius 2 is 1.82 bits per heavy atom. The van der Waals surface area contributed by atoms with Gasteiger partial charge in [0.05, 0.1) is 6.61 Å². The molecule has 2 aromatic carbocycles. The SMILES string of the molecule is COCCN(C)C[C@@H]1CN(C(=O)c2cccc(-c3ccccc3)c2)C[C@@H]1CO. The molecule has 5 heteroatoms. The van der Waals surface area contributed by atoms with Gasteiger partial charge in [0.2, 0.25) is 0 Å². The smallest absolute Gasteiger partial charge is 0.253 e. The summed E-state index contributed by atoms with van der Waals surface area (Å²) in [6.07, 6.45) is 0. The average Bonchev–Trinajstić information content (AvgIpc) is 3.15. The normalized spacial score (nSPS) is 19.4. The van der Waals surface area contributed by atoms with Crippen LogP contribution in [0.3, 0.4) is 0 Å². The second-order valence-corrected chi connectivity index (χ2v) is 7.61. The molecule has 0 aromatic heterocycles. The van der Waals surface area contributed by atoms with Gasteiger partial charge in [-0.15, -0.1) is 0 Å². The van der Waals surface area contributed by atoms with Crippen LogP contribution in [0.4, 0.5) is 0 Å². The molecule has 3 rings (SSSR count). The molecule has 2 aromatic rings. The molecule has 1 amide bonds. The molecule has 1 heterocycles. The van der Waals surface area contributed by atoms with Crippen molar-refractivity contribution in [1.29, 1.82) is 0 Å². The van der Waals surface area contributed by atoms with Crippen molar-refractivity contribution in [3.05, 3.63) is 60.2 Å². The Morgan fingerprint density at radius 1 is 1.11 bits per heavy atom. The largest absolute Gasteiger partial charge is 0.396 e. The van der Waals surface area contributed by atoms with Crippen LogP contribution in [0.15, 0.2) is 54.6 Å². The van der Waals surface area contributed by atoms with Gasteiger partial charge in [-0.3, -0.25) is 4.79 Å². The third-order valence-electron chi connectivity index (χ3n) is 5.54. The summed E-state index contributed by atoms with van der Waals surface area (Å²) in [5.41, 5.74) is 2.84. The fourth-order valence-electron chi connectivity index (χ4n) is 3.90. The first-order chi connectivity index (χ1) is 13.6. The quantitative estimate of drug-likeness (QED) is 0.763. The molecule has 1 fully saturated rings. The number of nitrogens with zero attached hydrogens (tertiary/aromatic N) is 2. The Bertz CT molecular complexity index is 765. The van der Waals surface area contributed by atoms with E-state index in [1.54, 1.807) is 7.11 Å². The minimum Gasteiger partial charge on any atom is -0.396 e. The number of likely N-dealkylation sites (N-methyl/N-ethyl adjacent to an activating group) is 1. The Hall–Kier alpha value is -2.21. The summed E-state index contributed by atoms with van der Waals surface area (Å²) < 4.78 is 5.14. The lowest BCUT2D eigenvalue weighted by molar-refractivity contribution is 0.0778. The molecular formula is C23H30N2O3. The minimum atomic E-state index is 0.0401. The molecule has 150 valence electrons. The predicted molar refractivity (Wildman–Crippen MR) is 111 cm³/mol. The molecule has 2 atom stereocenters. The first kappa shape index (κ1) is 20.5. The van der Waals surface area contributed by atoms with Gasteiger partial charge in [0, 0.05) is 51.4 Å². The van der Waals surface area contributed by atoms with E-state index < -0.39 is 0 Å². The molecule has 0 aliphatic carbocycles. The van der Waals surface area contributed by atoms with Crippen LogP contribution in [0, 0.1) is 11.8 Å². The standard InChI is InChI=1S/C23H30N2O3/c1-24(11-12-28-2)14-21-15-25(16-22(21)17-26)23(27)20-10-6-9-19(13-20)18-7-4-3-5-8-18/h3-10,13,21-22,26H,11-12,14-17H2,1-2H3/t21-,22-/m1/s1. The number of likely N-dealkylation sites (tertiary alicyclic amines) is 1. The number of rotatable bonds is 8. The maximum absolute atomic E-state index is 13.1. The van der Waals surface area contributed by atoms with Crippen LogP contribution in [-0.4, -0.2) is 74.4 Å². The zero-order valence-corrected chi connectivity index (χ0v) is 16.8. The molecule has 1 N–H and O–H groups in total. The lowest BCUT2D eigenvalue weighted by Crippen LogP contribution is -2.33. The van der Waals surface area contributed by atoms with E-state index in [1.807, 2.05) is 59.5 Å². The highest BCUT2D eigenvalue weighted by atomic mass is 16.5. The maximum atomic E-state index is 13.1. The van der Waals surface area contributed by atoms with E-state index in [-0.39, 0.29) is 24.3 Å². The number of methoxy groups -OCH3 is 1. The van der Waals surface area contributed by atoms with Crippen LogP contribution < -0.4 is 0 Å². The van der Waals surface area contributed by atoms with E-state index >= 15 is 0 Å². The summed E-state index contributed by atoms with van der Waals surface area (Å²) in [5.74, 6) is 0.428. The fraction of sp³-hybridized carbons (Fsp3) is 0.435. The van der Waals surface area contributed by atoms with Gasteiger partial charge in [-0.2, -0.15) is 0 Å². The zero-order valence-electron chi connectivity index (χ0n) is 16.8. The van der Waals surface area contributed by atoms with Crippen molar-refractivity contribution in [1.82, 2.24) is 9.80 Å². The van der Waals surface area contributed by atoms with Crippen molar-refractivity contribution in [3.8, 4) is 11.1 Å². The van der Waals surface area contributed by atoms with Crippen molar-refractivity contribution in [3.63, 3.8) is 0 Å². The Balaban J connectivity index is 1.69. The van der Waals surface area contributed by atoms with Crippen molar-refractivity contribution in [2.24, 2.45) is 11.8 Å². The molecule has 0 radical (unpaired) electrons. The molecule has 0 spiro atoms. The molecule has 5 nitrogen and oxygen atoms in total. The summed E-state index contributed by atoms with van der Waals surface area (Å²) >= 11 is 0. The summed E-state index contributed by atoms with van der Waals surface area (Å²) in [6.45, 7) is 3.77. The lowest BCUT2D eigenvalue weighted by atomic mass is 9.96. The van der Waals surface area contributed by atoms with Crippen molar-refractivity contribution >= 4 is 5.91 Å². The van der Waals surface area contributed by atoms with Gasteiger partial charge in [-0.05, 0) is 36.2 Å². The molecule has 28 heavy (non-hydrogen) atoms. The summed E-state index contributed by atoms with van der Waals surface area (Å²) in [6, 6.07) is 17.9. The highest BCUT2D eigenvalue weighted by Crippen LogP contribution is 2.27. The minimum absolute atomic E-state index is 0.0401. The van der Waals surface area contributed by atoms with E-state index in [9.17, 15) is 9.90 Å². The number of ether oxygens (including phenoxy) is 1. The van der Waals surface area contributed by atoms with Crippen LogP contribution in [0.2, 0.25) is 0 Å². The number of carbonyl (C=O) groups excluding carboxylic acids is 1. The molecule has 0 bridgehead atoms. The van der Waals surface area contributed by atoms with Crippen molar-refractivity contribution < 1.29 is 14.6 Å². The zero-order chi connectivity index (χ0) is 19.9. The first-order valence-electron chi connectivity index (χ1n) is 9.85. The van der Waals surface area contributed by atoms with Gasteiger partial charge in [0.25, 0.3) is 5.91 Å². The Labute approximate surface area is 167 Å². The number of aliphatic hydroxyl groups is 1. The van der Waals surface area contributed by atoms with Crippen LogP contribution in [0.1, 0.15) is 10.4 Å².